The predicted molar refractivity (Wildman–Crippen MR) is 257 cm³/mol. The Labute approximate surface area is 400 Å². The van der Waals surface area contributed by atoms with E-state index in [1.807, 2.05) is 48.5 Å². The summed E-state index contributed by atoms with van der Waals surface area (Å²) >= 11 is 0. The molecule has 8 fully saturated rings. The van der Waals surface area contributed by atoms with Crippen molar-refractivity contribution < 1.29 is 31.1 Å². The molecule has 8 saturated carbocycles. The third kappa shape index (κ3) is 8.10. The minimum absolute atomic E-state index is 0.00834. The lowest BCUT2D eigenvalue weighted by atomic mass is 9.47. The lowest BCUT2D eigenvalue weighted by molar-refractivity contribution is -0.138. The normalized spacial score (nSPS) is 27.5. The largest absolute Gasteiger partial charge is 0.457 e. The third-order valence-corrected chi connectivity index (χ3v) is 17.0. The Hall–Kier alpha value is -6.24. The smallest absolute Gasteiger partial charge is 0.416 e. The van der Waals surface area contributed by atoms with Crippen LogP contribution in [0.3, 0.4) is 0 Å². The van der Waals surface area contributed by atoms with Gasteiger partial charge in [0.2, 0.25) is 0 Å². The fourth-order valence-corrected chi connectivity index (χ4v) is 14.9. The summed E-state index contributed by atoms with van der Waals surface area (Å²) in [4.78, 5) is 41.1. The average Bonchev–Trinajstić information content (AvgIpc) is 3.30. The molecule has 7 nitrogen and oxygen atoms in total. The summed E-state index contributed by atoms with van der Waals surface area (Å²) in [6, 6.07) is 26.9. The van der Waals surface area contributed by atoms with Gasteiger partial charge in [-0.15, -0.1) is 0 Å². The minimum atomic E-state index is -4.43. The van der Waals surface area contributed by atoms with E-state index in [1.165, 1.54) is 87.6 Å². The number of hydrogen-bond donors (Lipinski definition) is 2. The van der Waals surface area contributed by atoms with E-state index in [2.05, 4.69) is 27.9 Å². The molecule has 2 heterocycles. The number of para-hydroxylation sites is 1. The van der Waals surface area contributed by atoms with Crippen LogP contribution in [-0.4, -0.2) is 19.9 Å². The molecule has 70 heavy (non-hydrogen) atoms. The molecule has 0 radical (unpaired) electrons. The SMILES string of the molecule is Cc1cc2c(=O)[nH]c(-c3ccc(C(F)(F)F)cc3)nc2cc1C12CC3CC(CC(C3)C1)C2.O=c1[nH]c(-c2ccc(C(F)(F)F)cc2)nc2cc(Oc3ccccc3)c(C34CC5CC(CC(C5)C3)C4)cc12. The highest BCUT2D eigenvalue weighted by Gasteiger charge is 2.54. The maximum atomic E-state index is 13.3. The van der Waals surface area contributed by atoms with Crippen LogP contribution in [0.1, 0.15) is 105 Å². The van der Waals surface area contributed by atoms with E-state index < -0.39 is 23.5 Å². The third-order valence-electron chi connectivity index (χ3n) is 17.0. The summed E-state index contributed by atoms with van der Waals surface area (Å²) in [5.41, 5.74) is 3.67. The van der Waals surface area contributed by atoms with Crippen molar-refractivity contribution in [2.45, 2.75) is 107 Å². The first-order valence-corrected chi connectivity index (χ1v) is 24.7. The van der Waals surface area contributed by atoms with Crippen LogP contribution in [0.15, 0.2) is 113 Å². The van der Waals surface area contributed by atoms with Crippen LogP contribution in [0.25, 0.3) is 44.6 Å². The molecule has 8 aliphatic rings. The number of aromatic amines is 2. The molecule has 0 atom stereocenters. The molecule has 0 saturated heterocycles. The van der Waals surface area contributed by atoms with Gasteiger partial charge in [0.1, 0.15) is 23.1 Å². The monoisotopic (exact) mass is 954 g/mol. The Kier molecular flexibility index (Phi) is 10.5. The summed E-state index contributed by atoms with van der Waals surface area (Å²) in [6.07, 6.45) is 6.19. The fourth-order valence-electron chi connectivity index (χ4n) is 14.9. The van der Waals surface area contributed by atoms with Crippen molar-refractivity contribution in [1.82, 2.24) is 19.9 Å². The summed E-state index contributed by atoms with van der Waals surface area (Å²) in [6.45, 7) is 2.09. The number of H-pyrrole nitrogens is 2. The molecule has 2 aromatic heterocycles. The van der Waals surface area contributed by atoms with E-state index in [9.17, 15) is 35.9 Å². The van der Waals surface area contributed by atoms with Crippen LogP contribution in [0, 0.1) is 42.4 Å². The van der Waals surface area contributed by atoms with Crippen LogP contribution in [-0.2, 0) is 23.2 Å². The number of ether oxygens (including phenoxy) is 1. The second-order valence-corrected chi connectivity index (χ2v) is 21.8. The zero-order chi connectivity index (χ0) is 48.3. The van der Waals surface area contributed by atoms with Crippen LogP contribution in [0.2, 0.25) is 0 Å². The maximum Gasteiger partial charge on any atom is 0.416 e. The van der Waals surface area contributed by atoms with Gasteiger partial charge in [-0.3, -0.25) is 9.59 Å². The molecular formula is C57H52F6N4O3. The minimum Gasteiger partial charge on any atom is -0.457 e. The van der Waals surface area contributed by atoms with Crippen molar-refractivity contribution in [3.8, 4) is 34.3 Å². The molecule has 5 aromatic carbocycles. The molecule has 0 aliphatic heterocycles. The van der Waals surface area contributed by atoms with E-state index in [0.717, 1.165) is 90.2 Å². The second-order valence-electron chi connectivity index (χ2n) is 21.8. The molecule has 8 aliphatic carbocycles. The van der Waals surface area contributed by atoms with Crippen molar-refractivity contribution >= 4 is 21.8 Å². The number of alkyl halides is 6. The Balaban J connectivity index is 0.000000146. The Morgan fingerprint density at radius 3 is 1.34 bits per heavy atom. The van der Waals surface area contributed by atoms with Crippen molar-refractivity contribution in [1.29, 1.82) is 0 Å². The summed E-state index contributed by atoms with van der Waals surface area (Å²) in [5, 5.41) is 1.01. The molecule has 15 rings (SSSR count). The number of nitrogens with one attached hydrogen (secondary N) is 2. The van der Waals surface area contributed by atoms with Gasteiger partial charge in [-0.1, -0.05) is 42.5 Å². The maximum absolute atomic E-state index is 13.3. The summed E-state index contributed by atoms with van der Waals surface area (Å²) in [7, 11) is 0. The van der Waals surface area contributed by atoms with Gasteiger partial charge in [0.25, 0.3) is 11.1 Å². The Bertz CT molecular complexity index is 3220. The number of fused-ring (bicyclic) bond motifs is 2. The van der Waals surface area contributed by atoms with Crippen molar-refractivity contribution in [3.05, 3.63) is 152 Å². The van der Waals surface area contributed by atoms with Gasteiger partial charge >= 0.3 is 12.4 Å². The molecule has 360 valence electrons. The Morgan fingerprint density at radius 2 is 0.914 bits per heavy atom. The number of aromatic nitrogens is 4. The number of benzene rings is 5. The van der Waals surface area contributed by atoms with Crippen LogP contribution >= 0.6 is 0 Å². The predicted octanol–water partition coefficient (Wildman–Crippen LogP) is 14.3. The summed E-state index contributed by atoms with van der Waals surface area (Å²) < 4.78 is 84.3. The van der Waals surface area contributed by atoms with Crippen LogP contribution in [0.4, 0.5) is 26.3 Å². The van der Waals surface area contributed by atoms with Gasteiger partial charge in [0.05, 0.1) is 32.9 Å². The molecule has 0 spiro atoms. The number of hydrogen-bond acceptors (Lipinski definition) is 5. The van der Waals surface area contributed by atoms with Crippen molar-refractivity contribution in [2.75, 3.05) is 0 Å². The first kappa shape index (κ1) is 44.9. The van der Waals surface area contributed by atoms with Gasteiger partial charge in [0, 0.05) is 22.8 Å². The lowest BCUT2D eigenvalue weighted by Gasteiger charge is -2.57. The number of aryl methyl sites for hydroxylation is 1. The highest BCUT2D eigenvalue weighted by Crippen LogP contribution is 2.63. The average molecular weight is 955 g/mol. The number of nitrogens with zero attached hydrogens (tertiary/aromatic N) is 2. The standard InChI is InChI=1S/C31H27F3N2O2.C26H25F3N2O/c32-31(33,34)22-8-6-21(7-9-22)28-35-26-14-27(38-23-4-2-1-3-5-23)25(13-24(26)29(37)36-28)30-15-18-10-19(16-30)12-20(11-18)17-30;1-14-6-20-22(10-21(14)25-11-15-7-16(12-25)9-17(8-15)13-25)30-23(31-24(20)32)18-2-4-19(5-3-18)26(27,28)29/h1-9,13-14,18-20H,10-12,15-17H2,(H,35,36,37);2-6,10,15-17H,7-9,11-13H2,1H3,(H,30,31,32). The van der Waals surface area contributed by atoms with E-state index in [1.54, 1.807) is 0 Å². The molecule has 0 unspecified atom stereocenters. The zero-order valence-electron chi connectivity index (χ0n) is 38.7. The molecule has 8 bridgehead atoms. The van der Waals surface area contributed by atoms with E-state index in [-0.39, 0.29) is 27.8 Å². The first-order valence-electron chi connectivity index (χ1n) is 24.7. The van der Waals surface area contributed by atoms with Crippen LogP contribution in [0.5, 0.6) is 11.5 Å². The number of rotatable bonds is 6. The molecule has 2 N–H and O–H groups in total. The Morgan fingerprint density at radius 1 is 0.514 bits per heavy atom. The van der Waals surface area contributed by atoms with Crippen molar-refractivity contribution in [3.63, 3.8) is 0 Å². The van der Waals surface area contributed by atoms with Gasteiger partial charge in [-0.25, -0.2) is 9.97 Å². The second kappa shape index (κ2) is 16.4. The van der Waals surface area contributed by atoms with Crippen LogP contribution < -0.4 is 15.9 Å². The van der Waals surface area contributed by atoms with Crippen molar-refractivity contribution in [2.24, 2.45) is 35.5 Å². The first-order chi connectivity index (χ1) is 33.5. The van der Waals surface area contributed by atoms with E-state index in [4.69, 9.17) is 9.72 Å². The topological polar surface area (TPSA) is 101 Å². The van der Waals surface area contributed by atoms with Gasteiger partial charge in [-0.05, 0) is 196 Å². The molecular weight excluding hydrogens is 903 g/mol. The highest BCUT2D eigenvalue weighted by molar-refractivity contribution is 5.83. The van der Waals surface area contributed by atoms with Gasteiger partial charge in [0.15, 0.2) is 0 Å². The molecule has 13 heteroatoms. The van der Waals surface area contributed by atoms with Gasteiger partial charge < -0.3 is 14.7 Å². The van der Waals surface area contributed by atoms with E-state index in [0.29, 0.717) is 50.3 Å². The number of halogens is 6. The molecule has 0 amide bonds. The highest BCUT2D eigenvalue weighted by atomic mass is 19.4. The van der Waals surface area contributed by atoms with Gasteiger partial charge in [-0.2, -0.15) is 26.3 Å². The summed E-state index contributed by atoms with van der Waals surface area (Å²) in [5.74, 6) is 6.55. The molecule has 7 aromatic rings. The quantitative estimate of drug-likeness (QED) is 0.162. The fraction of sp³-hybridized carbons (Fsp3) is 0.404. The zero-order valence-corrected chi connectivity index (χ0v) is 38.7. The lowest BCUT2D eigenvalue weighted by Crippen LogP contribution is -2.48. The van der Waals surface area contributed by atoms with E-state index >= 15 is 0 Å².